The summed E-state index contributed by atoms with van der Waals surface area (Å²) in [6, 6.07) is 8.97. The molecule has 0 fully saturated rings. The molecule has 0 unspecified atom stereocenters. The second kappa shape index (κ2) is 4.29. The van der Waals surface area contributed by atoms with Crippen LogP contribution in [-0.4, -0.2) is 22.2 Å². The van der Waals surface area contributed by atoms with Crippen molar-refractivity contribution in [3.63, 3.8) is 0 Å². The highest BCUT2D eigenvalue weighted by Gasteiger charge is 2.16. The molecule has 0 amide bonds. The molecule has 0 atom stereocenters. The Morgan fingerprint density at radius 1 is 0.833 bits per heavy atom. The van der Waals surface area contributed by atoms with Crippen molar-refractivity contribution in [3.05, 3.63) is 57.7 Å². The molecule has 0 heterocycles. The summed E-state index contributed by atoms with van der Waals surface area (Å²) in [6.45, 7) is 0. The zero-order valence-corrected chi connectivity index (χ0v) is 9.08. The van der Waals surface area contributed by atoms with Crippen LogP contribution in [0.1, 0.15) is 20.7 Å². The minimum atomic E-state index is -1.44. The fourth-order valence-corrected chi connectivity index (χ4v) is 1.68. The van der Waals surface area contributed by atoms with Gasteiger partial charge in [0.25, 0.3) is 0 Å². The first-order valence-corrected chi connectivity index (χ1v) is 5.04. The third kappa shape index (κ3) is 1.93. The number of hydrogen-bond donors (Lipinski definition) is 2. The van der Waals surface area contributed by atoms with Gasteiger partial charge in [0.15, 0.2) is 0 Å². The zero-order valence-electron chi connectivity index (χ0n) is 9.08. The number of carbonyl (C=O) groups is 2. The van der Waals surface area contributed by atoms with Crippen molar-refractivity contribution in [2.75, 3.05) is 0 Å². The first-order chi connectivity index (χ1) is 8.50. The maximum atomic E-state index is 11.8. The molecule has 0 spiro atoms. The fraction of sp³-hybridized carbons (Fsp3) is 0. The Hall–Kier alpha value is -2.69. The van der Waals surface area contributed by atoms with Crippen LogP contribution in [0.4, 0.5) is 0 Å². The second-order valence-electron chi connectivity index (χ2n) is 3.68. The normalized spacial score (nSPS) is 10.2. The molecule has 5 heteroatoms. The predicted molar refractivity (Wildman–Crippen MR) is 64.1 cm³/mol. The number of aromatic carboxylic acids is 2. The van der Waals surface area contributed by atoms with E-state index in [0.29, 0.717) is 10.8 Å². The molecule has 90 valence electrons. The third-order valence-electron chi connectivity index (χ3n) is 2.55. The third-order valence-corrected chi connectivity index (χ3v) is 2.55. The van der Waals surface area contributed by atoms with E-state index >= 15 is 0 Å². The topological polar surface area (TPSA) is 91.7 Å². The molecular formula is C13H8O5. The lowest BCUT2D eigenvalue weighted by Gasteiger charge is -1.90. The molecule has 2 aromatic rings. The van der Waals surface area contributed by atoms with Crippen LogP contribution in [0.15, 0.2) is 41.2 Å². The molecule has 2 N–H and O–H groups in total. The van der Waals surface area contributed by atoms with Crippen LogP contribution in [0, 0.1) is 0 Å². The van der Waals surface area contributed by atoms with E-state index in [4.69, 9.17) is 10.2 Å². The summed E-state index contributed by atoms with van der Waals surface area (Å²) in [4.78, 5) is 33.8. The molecule has 0 saturated heterocycles. The average Bonchev–Trinajstić information content (AvgIpc) is 2.46. The van der Waals surface area contributed by atoms with Crippen LogP contribution in [0.25, 0.3) is 10.8 Å². The number of hydrogen-bond acceptors (Lipinski definition) is 3. The number of benzene rings is 1. The summed E-state index contributed by atoms with van der Waals surface area (Å²) in [7, 11) is 0. The van der Waals surface area contributed by atoms with E-state index in [9.17, 15) is 14.4 Å². The van der Waals surface area contributed by atoms with Gasteiger partial charge >= 0.3 is 11.9 Å². The minimum Gasteiger partial charge on any atom is -0.478 e. The van der Waals surface area contributed by atoms with Gasteiger partial charge in [0, 0.05) is 0 Å². The van der Waals surface area contributed by atoms with Gasteiger partial charge < -0.3 is 10.2 Å². The van der Waals surface area contributed by atoms with E-state index in [1.54, 1.807) is 24.3 Å². The Kier molecular flexibility index (Phi) is 2.81. The molecule has 2 rings (SSSR count). The van der Waals surface area contributed by atoms with Gasteiger partial charge in [-0.3, -0.25) is 4.79 Å². The second-order valence-corrected chi connectivity index (χ2v) is 3.68. The van der Waals surface area contributed by atoms with Crippen molar-refractivity contribution >= 4 is 22.7 Å². The summed E-state index contributed by atoms with van der Waals surface area (Å²) in [5.41, 5.74) is -2.09. The van der Waals surface area contributed by atoms with Crippen LogP contribution < -0.4 is 5.43 Å². The van der Waals surface area contributed by atoms with Crippen molar-refractivity contribution in [1.82, 2.24) is 0 Å². The molecule has 0 aliphatic carbocycles. The van der Waals surface area contributed by atoms with Crippen LogP contribution >= 0.6 is 0 Å². The van der Waals surface area contributed by atoms with E-state index < -0.39 is 28.5 Å². The Balaban J connectivity index is 3.03. The van der Waals surface area contributed by atoms with E-state index in [2.05, 4.69) is 0 Å². The summed E-state index contributed by atoms with van der Waals surface area (Å²) < 4.78 is 0. The lowest BCUT2D eigenvalue weighted by molar-refractivity contribution is 0.0695. The van der Waals surface area contributed by atoms with E-state index in [-0.39, 0.29) is 0 Å². The van der Waals surface area contributed by atoms with Crippen LogP contribution in [-0.2, 0) is 0 Å². The minimum absolute atomic E-state index is 0.500. The van der Waals surface area contributed by atoms with Crippen molar-refractivity contribution in [3.8, 4) is 0 Å². The van der Waals surface area contributed by atoms with Gasteiger partial charge in [-0.15, -0.1) is 0 Å². The number of carboxylic acid groups (broad SMARTS) is 2. The number of fused-ring (bicyclic) bond motifs is 1. The maximum absolute atomic E-state index is 11.8. The maximum Gasteiger partial charge on any atom is 0.339 e. The molecule has 0 aromatic heterocycles. The monoisotopic (exact) mass is 244 g/mol. The molecule has 5 nitrogen and oxygen atoms in total. The van der Waals surface area contributed by atoms with Crippen molar-refractivity contribution in [2.45, 2.75) is 0 Å². The number of rotatable bonds is 2. The Bertz CT molecular complexity index is 659. The summed E-state index contributed by atoms with van der Waals surface area (Å²) >= 11 is 0. The Morgan fingerprint density at radius 2 is 1.22 bits per heavy atom. The Labute approximate surface area is 101 Å². The van der Waals surface area contributed by atoms with Crippen molar-refractivity contribution in [2.24, 2.45) is 0 Å². The van der Waals surface area contributed by atoms with Crippen LogP contribution in [0.5, 0.6) is 0 Å². The highest BCUT2D eigenvalue weighted by Crippen LogP contribution is 2.14. The molecule has 18 heavy (non-hydrogen) atoms. The Morgan fingerprint density at radius 3 is 1.56 bits per heavy atom. The van der Waals surface area contributed by atoms with Crippen LogP contribution in [0.3, 0.4) is 0 Å². The molecule has 0 bridgehead atoms. The zero-order chi connectivity index (χ0) is 13.3. The molecule has 0 radical (unpaired) electrons. The summed E-state index contributed by atoms with van der Waals surface area (Å²) in [5, 5.41) is 18.9. The largest absolute Gasteiger partial charge is 0.478 e. The van der Waals surface area contributed by atoms with Gasteiger partial charge in [-0.25, -0.2) is 9.59 Å². The number of carboxylic acids is 2. The molecule has 2 aromatic carbocycles. The first-order valence-electron chi connectivity index (χ1n) is 5.04. The van der Waals surface area contributed by atoms with E-state index in [1.807, 2.05) is 0 Å². The smallest absolute Gasteiger partial charge is 0.339 e. The summed E-state index contributed by atoms with van der Waals surface area (Å²) in [5.74, 6) is -2.88. The predicted octanol–water partition coefficient (Wildman–Crippen LogP) is 1.60. The molecule has 0 saturated carbocycles. The highest BCUT2D eigenvalue weighted by molar-refractivity contribution is 5.98. The van der Waals surface area contributed by atoms with E-state index in [0.717, 1.165) is 0 Å². The quantitative estimate of drug-likeness (QED) is 0.837. The lowest BCUT2D eigenvalue weighted by Crippen LogP contribution is -2.19. The molecule has 0 aliphatic rings. The van der Waals surface area contributed by atoms with Gasteiger partial charge in [0.2, 0.25) is 5.43 Å². The average molecular weight is 244 g/mol. The van der Waals surface area contributed by atoms with Crippen molar-refractivity contribution in [1.29, 1.82) is 0 Å². The van der Waals surface area contributed by atoms with E-state index in [1.165, 1.54) is 12.1 Å². The summed E-state index contributed by atoms with van der Waals surface area (Å²) in [6.07, 6.45) is 0. The molecular weight excluding hydrogens is 236 g/mol. The van der Waals surface area contributed by atoms with Gasteiger partial charge in [-0.2, -0.15) is 0 Å². The first kappa shape index (κ1) is 11.8. The van der Waals surface area contributed by atoms with Gasteiger partial charge in [0.05, 0.1) is 0 Å². The standard InChI is InChI=1S/C13H8O5/c14-11-9(12(15)16)5-7-3-1-2-4-8(7)6-10(11)13(17)18/h1-6H,(H,15,16)(H,17,18). The van der Waals surface area contributed by atoms with Crippen molar-refractivity contribution < 1.29 is 19.8 Å². The lowest BCUT2D eigenvalue weighted by atomic mass is 10.1. The van der Waals surface area contributed by atoms with Gasteiger partial charge in [0.1, 0.15) is 11.1 Å². The van der Waals surface area contributed by atoms with Gasteiger partial charge in [-0.1, -0.05) is 24.3 Å². The fourth-order valence-electron chi connectivity index (χ4n) is 1.68. The van der Waals surface area contributed by atoms with Gasteiger partial charge in [-0.05, 0) is 22.9 Å². The van der Waals surface area contributed by atoms with Crippen LogP contribution in [0.2, 0.25) is 0 Å². The molecule has 0 aliphatic heterocycles. The SMILES string of the molecule is O=C(O)c1cc2ccccc2cc(C(=O)O)c1=O. The highest BCUT2D eigenvalue weighted by atomic mass is 16.4.